The normalized spacial score (nSPS) is 11.7. The quantitative estimate of drug-likeness (QED) is 0.213. The van der Waals surface area contributed by atoms with Crippen LogP contribution in [0, 0.1) is 17.0 Å². The number of carbonyl (C=O) groups is 1. The Morgan fingerprint density at radius 1 is 1.14 bits per heavy atom. The van der Waals surface area contributed by atoms with Crippen LogP contribution in [0.15, 0.2) is 53.4 Å². The Kier molecular flexibility index (Phi) is 7.24. The Morgan fingerprint density at radius 3 is 2.28 bits per heavy atom. The third-order valence-corrected chi connectivity index (χ3v) is 6.28. The number of carbonyl (C=O) groups excluding carboxylic acids is 1. The molecule has 0 aliphatic heterocycles. The van der Waals surface area contributed by atoms with Gasteiger partial charge in [-0.15, -0.1) is 0 Å². The number of hydrogen-bond donors (Lipinski definition) is 0. The molecule has 0 fully saturated rings. The molecule has 0 saturated carbocycles. The molecule has 154 valence electrons. The topological polar surface area (TPSA) is 107 Å². The number of esters is 1. The fourth-order valence-electron chi connectivity index (χ4n) is 2.67. The minimum absolute atomic E-state index is 0.0555. The molecular weight excluding hydrogens is 396 g/mol. The van der Waals surface area contributed by atoms with E-state index in [9.17, 15) is 23.3 Å². The van der Waals surface area contributed by atoms with Crippen molar-refractivity contribution >= 4 is 27.8 Å². The number of hydrogen-bond acceptors (Lipinski definition) is 6. The molecule has 0 N–H and O–H groups in total. The van der Waals surface area contributed by atoms with E-state index in [1.165, 1.54) is 46.8 Å². The number of nitro benzene ring substituents is 1. The summed E-state index contributed by atoms with van der Waals surface area (Å²) in [4.78, 5) is 22.5. The lowest BCUT2D eigenvalue weighted by Gasteiger charge is -2.18. The lowest BCUT2D eigenvalue weighted by Crippen LogP contribution is -2.30. The monoisotopic (exact) mass is 418 g/mol. The molecule has 0 unspecified atom stereocenters. The summed E-state index contributed by atoms with van der Waals surface area (Å²) in [6.07, 6.45) is 2.69. The summed E-state index contributed by atoms with van der Waals surface area (Å²) in [5.74, 6) is -0.457. The van der Waals surface area contributed by atoms with Gasteiger partial charge in [-0.3, -0.25) is 10.1 Å². The maximum Gasteiger partial charge on any atom is 0.336 e. The van der Waals surface area contributed by atoms with Gasteiger partial charge in [0.05, 0.1) is 9.82 Å². The molecule has 8 nitrogen and oxygen atoms in total. The molecule has 0 atom stereocenters. The first kappa shape index (κ1) is 22.3. The van der Waals surface area contributed by atoms with E-state index in [4.69, 9.17) is 4.74 Å². The second-order valence-corrected chi connectivity index (χ2v) is 8.06. The van der Waals surface area contributed by atoms with E-state index in [2.05, 4.69) is 0 Å². The summed E-state index contributed by atoms with van der Waals surface area (Å²) in [5, 5.41) is 10.8. The summed E-state index contributed by atoms with van der Waals surface area (Å²) < 4.78 is 31.4. The van der Waals surface area contributed by atoms with Crippen LogP contribution in [0.5, 0.6) is 5.75 Å². The van der Waals surface area contributed by atoms with E-state index in [0.717, 1.165) is 0 Å². The molecule has 2 aromatic rings. The van der Waals surface area contributed by atoms with Gasteiger partial charge < -0.3 is 4.74 Å². The average molecular weight is 418 g/mol. The maximum atomic E-state index is 12.5. The fraction of sp³-hybridized carbons (Fsp3) is 0.250. The van der Waals surface area contributed by atoms with Crippen LogP contribution in [0.3, 0.4) is 0 Å². The fourth-order valence-corrected chi connectivity index (χ4v) is 4.13. The smallest absolute Gasteiger partial charge is 0.336 e. The van der Waals surface area contributed by atoms with E-state index in [0.29, 0.717) is 24.2 Å². The van der Waals surface area contributed by atoms with E-state index in [-0.39, 0.29) is 16.3 Å². The zero-order valence-electron chi connectivity index (χ0n) is 16.4. The van der Waals surface area contributed by atoms with Crippen molar-refractivity contribution in [1.29, 1.82) is 0 Å². The van der Waals surface area contributed by atoms with Gasteiger partial charge in [0.2, 0.25) is 10.0 Å². The zero-order chi connectivity index (χ0) is 21.6. The second-order valence-electron chi connectivity index (χ2n) is 6.12. The molecule has 0 radical (unpaired) electrons. The molecule has 9 heteroatoms. The van der Waals surface area contributed by atoms with Crippen molar-refractivity contribution in [3.8, 4) is 5.75 Å². The van der Waals surface area contributed by atoms with E-state index in [1.54, 1.807) is 32.9 Å². The van der Waals surface area contributed by atoms with Crippen LogP contribution < -0.4 is 4.74 Å². The van der Waals surface area contributed by atoms with Gasteiger partial charge >= 0.3 is 5.97 Å². The van der Waals surface area contributed by atoms with Gasteiger partial charge in [-0.25, -0.2) is 13.2 Å². The van der Waals surface area contributed by atoms with Gasteiger partial charge in [0.15, 0.2) is 0 Å². The molecular formula is C20H22N2O6S. The summed E-state index contributed by atoms with van der Waals surface area (Å²) >= 11 is 0. The number of benzene rings is 2. The average Bonchev–Trinajstić information content (AvgIpc) is 2.67. The van der Waals surface area contributed by atoms with Gasteiger partial charge in [-0.05, 0) is 42.8 Å². The third-order valence-electron chi connectivity index (χ3n) is 4.22. The van der Waals surface area contributed by atoms with Crippen molar-refractivity contribution in [1.82, 2.24) is 4.31 Å². The second kappa shape index (κ2) is 9.44. The minimum atomic E-state index is -3.53. The van der Waals surface area contributed by atoms with E-state index >= 15 is 0 Å². The largest absolute Gasteiger partial charge is 0.423 e. The van der Waals surface area contributed by atoms with Crippen LogP contribution in [0.1, 0.15) is 25.0 Å². The van der Waals surface area contributed by atoms with Gasteiger partial charge in [0.25, 0.3) is 5.69 Å². The highest BCUT2D eigenvalue weighted by atomic mass is 32.2. The molecule has 0 aliphatic rings. The third kappa shape index (κ3) is 5.49. The van der Waals surface area contributed by atoms with Crippen molar-refractivity contribution < 1.29 is 22.9 Å². The number of ether oxygens (including phenoxy) is 1. The van der Waals surface area contributed by atoms with Gasteiger partial charge in [-0.1, -0.05) is 26.0 Å². The molecule has 0 heterocycles. The first-order valence-electron chi connectivity index (χ1n) is 8.94. The first-order valence-corrected chi connectivity index (χ1v) is 10.4. The van der Waals surface area contributed by atoms with Crippen molar-refractivity contribution in [2.45, 2.75) is 25.7 Å². The van der Waals surface area contributed by atoms with Crippen LogP contribution in [-0.4, -0.2) is 36.7 Å². The number of nitrogens with zero attached hydrogens (tertiary/aromatic N) is 2. The number of nitro groups is 1. The highest BCUT2D eigenvalue weighted by molar-refractivity contribution is 7.89. The van der Waals surface area contributed by atoms with Crippen molar-refractivity contribution in [2.24, 2.45) is 0 Å². The zero-order valence-corrected chi connectivity index (χ0v) is 17.2. The predicted molar refractivity (Wildman–Crippen MR) is 109 cm³/mol. The standard InChI is InChI=1S/C20H22N2O6S/c1-4-21(5-2)29(26,27)18-10-6-16(7-11-18)8-13-20(23)28-17-9-12-19(22(24)25)15(3)14-17/h6-14H,4-5H2,1-3H3/b13-8+. The van der Waals surface area contributed by atoms with Crippen LogP contribution in [-0.2, 0) is 14.8 Å². The Labute approximate surface area is 169 Å². The molecule has 29 heavy (non-hydrogen) atoms. The SMILES string of the molecule is CCN(CC)S(=O)(=O)c1ccc(/C=C/C(=O)Oc2ccc([N+](=O)[O-])c(C)c2)cc1. The minimum Gasteiger partial charge on any atom is -0.423 e. The Morgan fingerprint density at radius 2 is 1.76 bits per heavy atom. The van der Waals surface area contributed by atoms with Gasteiger partial charge in [0, 0.05) is 30.8 Å². The molecule has 0 amide bonds. The molecule has 0 spiro atoms. The van der Waals surface area contributed by atoms with E-state index < -0.39 is 20.9 Å². The van der Waals surface area contributed by atoms with E-state index in [1.807, 2.05) is 0 Å². The maximum absolute atomic E-state index is 12.5. The highest BCUT2D eigenvalue weighted by Crippen LogP contribution is 2.23. The number of aryl methyl sites for hydroxylation is 1. The predicted octanol–water partition coefficient (Wildman–Crippen LogP) is 3.55. The molecule has 0 aromatic heterocycles. The number of sulfonamides is 1. The lowest BCUT2D eigenvalue weighted by molar-refractivity contribution is -0.385. The molecule has 2 aromatic carbocycles. The van der Waals surface area contributed by atoms with Crippen LogP contribution in [0.25, 0.3) is 6.08 Å². The first-order chi connectivity index (χ1) is 13.7. The molecule has 0 bridgehead atoms. The van der Waals surface area contributed by atoms with Crippen LogP contribution >= 0.6 is 0 Å². The van der Waals surface area contributed by atoms with Gasteiger partial charge in [0.1, 0.15) is 5.75 Å². The van der Waals surface area contributed by atoms with Crippen molar-refractivity contribution in [2.75, 3.05) is 13.1 Å². The Hall–Kier alpha value is -3.04. The van der Waals surface area contributed by atoms with Crippen molar-refractivity contribution in [3.63, 3.8) is 0 Å². The summed E-state index contributed by atoms with van der Waals surface area (Å²) in [5.41, 5.74) is 0.953. The van der Waals surface area contributed by atoms with Crippen molar-refractivity contribution in [3.05, 3.63) is 69.8 Å². The Balaban J connectivity index is 2.07. The molecule has 2 rings (SSSR count). The highest BCUT2D eigenvalue weighted by Gasteiger charge is 2.21. The van der Waals surface area contributed by atoms with Crippen LogP contribution in [0.4, 0.5) is 5.69 Å². The summed E-state index contributed by atoms with van der Waals surface area (Å²) in [7, 11) is -3.53. The number of rotatable bonds is 8. The lowest BCUT2D eigenvalue weighted by atomic mass is 10.2. The summed E-state index contributed by atoms with van der Waals surface area (Å²) in [6, 6.07) is 10.2. The van der Waals surface area contributed by atoms with Crippen LogP contribution in [0.2, 0.25) is 0 Å². The molecule has 0 aliphatic carbocycles. The summed E-state index contributed by atoms with van der Waals surface area (Å²) in [6.45, 7) is 5.87. The van der Waals surface area contributed by atoms with Gasteiger partial charge in [-0.2, -0.15) is 4.31 Å². The Bertz CT molecular complexity index is 1030. The molecule has 0 saturated heterocycles.